The maximum atomic E-state index is 13.0. The third-order valence-corrected chi connectivity index (χ3v) is 9.12. The van der Waals surface area contributed by atoms with Crippen LogP contribution in [0.2, 0.25) is 0 Å². The van der Waals surface area contributed by atoms with Crippen molar-refractivity contribution >= 4 is 48.8 Å². The average molecular weight is 548 g/mol. The van der Waals surface area contributed by atoms with E-state index in [1.807, 2.05) is 70.2 Å². The molecule has 0 saturated heterocycles. The van der Waals surface area contributed by atoms with Gasteiger partial charge in [0.05, 0.1) is 25.7 Å². The molecule has 1 unspecified atom stereocenters. The summed E-state index contributed by atoms with van der Waals surface area (Å²) in [5, 5.41) is 2.17. The molecular weight excluding hydrogens is 514 g/mol. The van der Waals surface area contributed by atoms with E-state index in [0.717, 1.165) is 36.9 Å². The van der Waals surface area contributed by atoms with Gasteiger partial charge in [0, 0.05) is 37.1 Å². The highest BCUT2D eigenvalue weighted by molar-refractivity contribution is 7.90. The summed E-state index contributed by atoms with van der Waals surface area (Å²) in [5.74, 6) is 5.96. The molecule has 0 radical (unpaired) electrons. The van der Waals surface area contributed by atoms with E-state index >= 15 is 0 Å². The standard InChI is InChI=1S/C31H33NO4S2/c1-30(2,3)38(34)32-31(4,20-29(33)35-5)24-14-16-28-26(19-24)25-18-22(13-15-27(25)37-28)12-9-17-36-21-23-10-7-6-8-11-23/h6-8,10-11,13-16,18-19,32H,17,20-21H2,1-5H3/t31-,38?/m0/s1. The highest BCUT2D eigenvalue weighted by atomic mass is 32.2. The Morgan fingerprint density at radius 1 is 1.00 bits per heavy atom. The Bertz CT molecular complexity index is 1480. The summed E-state index contributed by atoms with van der Waals surface area (Å²) < 4.78 is 28.7. The number of hydrogen-bond acceptors (Lipinski definition) is 6. The van der Waals surface area contributed by atoms with Crippen LogP contribution >= 0.6 is 11.3 Å². The van der Waals surface area contributed by atoms with E-state index in [0.29, 0.717) is 13.2 Å². The zero-order chi connectivity index (χ0) is 27.3. The molecule has 3 aromatic carbocycles. The molecule has 0 aliphatic heterocycles. The molecule has 7 heteroatoms. The number of hydrogen-bond donors (Lipinski definition) is 1. The maximum Gasteiger partial charge on any atom is 0.307 e. The van der Waals surface area contributed by atoms with Crippen molar-refractivity contribution in [2.24, 2.45) is 0 Å². The average Bonchev–Trinajstić information content (AvgIpc) is 3.25. The van der Waals surface area contributed by atoms with Crippen LogP contribution in [0.3, 0.4) is 0 Å². The van der Waals surface area contributed by atoms with Crippen molar-refractivity contribution < 1.29 is 18.8 Å². The highest BCUT2D eigenvalue weighted by Crippen LogP contribution is 2.38. The van der Waals surface area contributed by atoms with Crippen molar-refractivity contribution in [1.82, 2.24) is 4.72 Å². The van der Waals surface area contributed by atoms with Crippen LogP contribution in [-0.4, -0.2) is 29.0 Å². The molecule has 38 heavy (non-hydrogen) atoms. The minimum Gasteiger partial charge on any atom is -0.598 e. The van der Waals surface area contributed by atoms with Crippen LogP contribution < -0.4 is 4.72 Å². The van der Waals surface area contributed by atoms with E-state index in [2.05, 4.69) is 40.8 Å². The molecular formula is C31H33NO4S2. The van der Waals surface area contributed by atoms with E-state index in [4.69, 9.17) is 9.47 Å². The number of rotatable bonds is 8. The number of benzene rings is 3. The summed E-state index contributed by atoms with van der Waals surface area (Å²) in [4.78, 5) is 12.3. The Balaban J connectivity index is 1.62. The molecule has 4 aromatic rings. The second-order valence-corrected chi connectivity index (χ2v) is 13.4. The van der Waals surface area contributed by atoms with Gasteiger partial charge in [0.2, 0.25) is 0 Å². The van der Waals surface area contributed by atoms with Gasteiger partial charge in [0.25, 0.3) is 0 Å². The van der Waals surface area contributed by atoms with Gasteiger partial charge in [0.1, 0.15) is 11.4 Å². The first-order valence-corrected chi connectivity index (χ1v) is 14.4. The molecule has 0 aliphatic carbocycles. The second kappa shape index (κ2) is 11.9. The van der Waals surface area contributed by atoms with E-state index in [9.17, 15) is 9.35 Å². The molecule has 0 aliphatic rings. The topological polar surface area (TPSA) is 70.6 Å². The number of esters is 1. The highest BCUT2D eigenvalue weighted by Gasteiger charge is 2.39. The van der Waals surface area contributed by atoms with Crippen molar-refractivity contribution in [1.29, 1.82) is 0 Å². The molecule has 0 fully saturated rings. The zero-order valence-electron chi connectivity index (χ0n) is 22.4. The number of thiophene rings is 1. The first-order valence-electron chi connectivity index (χ1n) is 12.4. The van der Waals surface area contributed by atoms with Crippen molar-refractivity contribution in [2.75, 3.05) is 13.7 Å². The molecule has 0 spiro atoms. The van der Waals surface area contributed by atoms with E-state index in [1.165, 1.54) is 7.11 Å². The fourth-order valence-electron chi connectivity index (χ4n) is 4.05. The number of nitrogens with one attached hydrogen (secondary N) is 1. The number of carbonyl (C=O) groups is 1. The largest absolute Gasteiger partial charge is 0.598 e. The number of fused-ring (bicyclic) bond motifs is 3. The summed E-state index contributed by atoms with van der Waals surface area (Å²) in [5.41, 5.74) is 2.03. The van der Waals surface area contributed by atoms with E-state index in [1.54, 1.807) is 11.3 Å². The molecule has 1 aromatic heterocycles. The predicted octanol–water partition coefficient (Wildman–Crippen LogP) is 6.45. The number of methoxy groups -OCH3 is 1. The summed E-state index contributed by atoms with van der Waals surface area (Å²) in [6.45, 7) is 8.49. The Hall–Kier alpha value is -2.86. The second-order valence-electron chi connectivity index (χ2n) is 10.4. The summed E-state index contributed by atoms with van der Waals surface area (Å²) in [6, 6.07) is 22.4. The lowest BCUT2D eigenvalue weighted by atomic mass is 9.89. The summed E-state index contributed by atoms with van der Waals surface area (Å²) in [6.07, 6.45) is 0.0542. The monoisotopic (exact) mass is 547 g/mol. The lowest BCUT2D eigenvalue weighted by Crippen LogP contribution is -2.50. The van der Waals surface area contributed by atoms with Crippen molar-refractivity contribution in [3.8, 4) is 11.8 Å². The Morgan fingerprint density at radius 2 is 1.68 bits per heavy atom. The normalized spacial score (nSPS) is 14.1. The smallest absolute Gasteiger partial charge is 0.307 e. The Morgan fingerprint density at radius 3 is 2.37 bits per heavy atom. The Kier molecular flexibility index (Phi) is 8.81. The third kappa shape index (κ3) is 6.76. The fraction of sp³-hybridized carbons (Fsp3) is 0.323. The first kappa shape index (κ1) is 28.2. The number of ether oxygens (including phenoxy) is 2. The van der Waals surface area contributed by atoms with Gasteiger partial charge in [-0.2, -0.15) is 0 Å². The van der Waals surface area contributed by atoms with Crippen LogP contribution in [0.4, 0.5) is 0 Å². The van der Waals surface area contributed by atoms with Gasteiger partial charge in [-0.1, -0.05) is 48.2 Å². The Labute approximate surface area is 231 Å². The molecule has 0 saturated carbocycles. The number of carbonyl (C=O) groups excluding carboxylic acids is 1. The van der Waals surface area contributed by atoms with Crippen molar-refractivity contribution in [3.05, 3.63) is 83.4 Å². The summed E-state index contributed by atoms with van der Waals surface area (Å²) >= 11 is 0.327. The van der Waals surface area contributed by atoms with Gasteiger partial charge in [-0.15, -0.1) is 16.1 Å². The first-order chi connectivity index (χ1) is 18.1. The minimum atomic E-state index is -1.38. The lowest BCUT2D eigenvalue weighted by molar-refractivity contribution is -0.142. The predicted molar refractivity (Wildman–Crippen MR) is 157 cm³/mol. The molecule has 0 bridgehead atoms. The van der Waals surface area contributed by atoms with Crippen molar-refractivity contribution in [3.63, 3.8) is 0 Å². The van der Waals surface area contributed by atoms with Gasteiger partial charge >= 0.3 is 5.97 Å². The quantitative estimate of drug-likeness (QED) is 0.119. The van der Waals surface area contributed by atoms with Crippen LogP contribution in [0.15, 0.2) is 66.7 Å². The molecule has 0 amide bonds. The van der Waals surface area contributed by atoms with Gasteiger partial charge in [0.15, 0.2) is 0 Å². The molecule has 5 nitrogen and oxygen atoms in total. The molecule has 4 rings (SSSR count). The van der Waals surface area contributed by atoms with Gasteiger partial charge < -0.3 is 14.0 Å². The van der Waals surface area contributed by atoms with Gasteiger partial charge in [-0.05, 0) is 69.2 Å². The zero-order valence-corrected chi connectivity index (χ0v) is 24.1. The van der Waals surface area contributed by atoms with Crippen LogP contribution in [0.5, 0.6) is 0 Å². The van der Waals surface area contributed by atoms with Crippen LogP contribution in [0, 0.1) is 11.8 Å². The minimum absolute atomic E-state index is 0.0542. The van der Waals surface area contributed by atoms with Crippen LogP contribution in [0.25, 0.3) is 20.2 Å². The van der Waals surface area contributed by atoms with Gasteiger partial charge in [-0.3, -0.25) is 4.79 Å². The van der Waals surface area contributed by atoms with E-state index in [-0.39, 0.29) is 12.4 Å². The van der Waals surface area contributed by atoms with Gasteiger partial charge in [-0.25, -0.2) is 0 Å². The van der Waals surface area contributed by atoms with Crippen LogP contribution in [0.1, 0.15) is 50.8 Å². The van der Waals surface area contributed by atoms with E-state index < -0.39 is 21.6 Å². The third-order valence-electron chi connectivity index (χ3n) is 6.22. The SMILES string of the molecule is COC(=O)C[C@](C)(N[S+]([O-])C(C)(C)C)c1ccc2sc3ccc(C#CCOCc4ccccc4)cc3c2c1. The summed E-state index contributed by atoms with van der Waals surface area (Å²) in [7, 11) is 1.37. The van der Waals surface area contributed by atoms with Crippen LogP contribution in [-0.2, 0) is 37.8 Å². The molecule has 1 heterocycles. The molecule has 198 valence electrons. The lowest BCUT2D eigenvalue weighted by Gasteiger charge is -2.34. The maximum absolute atomic E-state index is 13.0. The molecule has 1 N–H and O–H groups in total. The van der Waals surface area contributed by atoms with Crippen molar-refractivity contribution in [2.45, 2.75) is 51.0 Å². The fourth-order valence-corrected chi connectivity index (χ4v) is 6.02. The molecule has 2 atom stereocenters.